The lowest BCUT2D eigenvalue weighted by molar-refractivity contribution is 0.379. The normalized spacial score (nSPS) is 29.1. The Morgan fingerprint density at radius 1 is 1.30 bits per heavy atom. The standard InChI is InChI=1S/C21H30N2/c1-7-9-10-11-13-18-14-19(16(3)12-8-2)21(23-6)17(4)20(15-18)22-5/h7-14,16-17,19,21H,1,6,15H2,2-5H3/b10-9-,12-8-,13-11+,22-20-. The van der Waals surface area contributed by atoms with Crippen molar-refractivity contribution in [1.29, 1.82) is 0 Å². The molecular formula is C21H30N2. The molecule has 124 valence electrons. The van der Waals surface area contributed by atoms with Gasteiger partial charge in [-0.2, -0.15) is 0 Å². The maximum Gasteiger partial charge on any atom is 0.0638 e. The molecule has 0 bridgehead atoms. The van der Waals surface area contributed by atoms with Gasteiger partial charge in [-0.05, 0) is 25.1 Å². The van der Waals surface area contributed by atoms with E-state index in [1.807, 2.05) is 19.2 Å². The molecule has 0 spiro atoms. The molecule has 0 fully saturated rings. The summed E-state index contributed by atoms with van der Waals surface area (Å²) in [5, 5.41) is 0. The van der Waals surface area contributed by atoms with E-state index < -0.39 is 0 Å². The van der Waals surface area contributed by atoms with Crippen molar-refractivity contribution < 1.29 is 0 Å². The van der Waals surface area contributed by atoms with Crippen LogP contribution in [0.2, 0.25) is 0 Å². The van der Waals surface area contributed by atoms with E-state index in [1.54, 1.807) is 6.08 Å². The van der Waals surface area contributed by atoms with E-state index in [0.29, 0.717) is 17.8 Å². The molecular weight excluding hydrogens is 280 g/mol. The zero-order chi connectivity index (χ0) is 17.2. The Kier molecular flexibility index (Phi) is 8.25. The van der Waals surface area contributed by atoms with Gasteiger partial charge in [0.15, 0.2) is 0 Å². The van der Waals surface area contributed by atoms with Crippen LogP contribution in [0, 0.1) is 17.8 Å². The van der Waals surface area contributed by atoms with Crippen LogP contribution in [0.5, 0.6) is 0 Å². The Labute approximate surface area is 141 Å². The number of hydrogen-bond donors (Lipinski definition) is 0. The summed E-state index contributed by atoms with van der Waals surface area (Å²) in [5.41, 5.74) is 2.49. The van der Waals surface area contributed by atoms with Crippen LogP contribution in [-0.2, 0) is 0 Å². The van der Waals surface area contributed by atoms with Gasteiger partial charge in [0.1, 0.15) is 0 Å². The van der Waals surface area contributed by atoms with E-state index in [-0.39, 0.29) is 6.04 Å². The monoisotopic (exact) mass is 310 g/mol. The lowest BCUT2D eigenvalue weighted by Crippen LogP contribution is -2.31. The van der Waals surface area contributed by atoms with Gasteiger partial charge in [0.2, 0.25) is 0 Å². The first-order valence-corrected chi connectivity index (χ1v) is 8.29. The summed E-state index contributed by atoms with van der Waals surface area (Å²) in [6.45, 7) is 14.1. The Bertz CT molecular complexity index is 546. The largest absolute Gasteiger partial charge is 0.297 e. The van der Waals surface area contributed by atoms with E-state index in [1.165, 1.54) is 11.3 Å². The predicted octanol–water partition coefficient (Wildman–Crippen LogP) is 5.22. The minimum atomic E-state index is 0.162. The van der Waals surface area contributed by atoms with Gasteiger partial charge >= 0.3 is 0 Å². The van der Waals surface area contributed by atoms with E-state index >= 15 is 0 Å². The van der Waals surface area contributed by atoms with Crippen LogP contribution in [-0.4, -0.2) is 25.5 Å². The first-order chi connectivity index (χ1) is 11.1. The number of rotatable bonds is 6. The molecule has 0 radical (unpaired) electrons. The molecule has 23 heavy (non-hydrogen) atoms. The van der Waals surface area contributed by atoms with Crippen LogP contribution in [0.4, 0.5) is 0 Å². The second-order valence-corrected chi connectivity index (χ2v) is 6.04. The number of allylic oxidation sites excluding steroid dienone is 8. The molecule has 1 rings (SSSR count). The second kappa shape index (κ2) is 9.94. The van der Waals surface area contributed by atoms with Crippen LogP contribution >= 0.6 is 0 Å². The highest BCUT2D eigenvalue weighted by Gasteiger charge is 2.33. The summed E-state index contributed by atoms with van der Waals surface area (Å²) in [4.78, 5) is 8.98. The van der Waals surface area contributed by atoms with Crippen molar-refractivity contribution in [3.8, 4) is 0 Å². The van der Waals surface area contributed by atoms with Gasteiger partial charge < -0.3 is 0 Å². The van der Waals surface area contributed by atoms with Crippen molar-refractivity contribution >= 4 is 12.4 Å². The fourth-order valence-electron chi connectivity index (χ4n) is 3.20. The highest BCUT2D eigenvalue weighted by Crippen LogP contribution is 2.33. The minimum Gasteiger partial charge on any atom is -0.297 e. The first kappa shape index (κ1) is 19.1. The van der Waals surface area contributed by atoms with Crippen molar-refractivity contribution in [2.45, 2.75) is 33.2 Å². The third kappa shape index (κ3) is 5.31. The third-order valence-electron chi connectivity index (χ3n) is 4.49. The van der Waals surface area contributed by atoms with Gasteiger partial charge in [-0.1, -0.05) is 69.0 Å². The van der Waals surface area contributed by atoms with Gasteiger partial charge in [0.25, 0.3) is 0 Å². The van der Waals surface area contributed by atoms with Crippen LogP contribution in [0.3, 0.4) is 0 Å². The lowest BCUT2D eigenvalue weighted by atomic mass is 9.81. The third-order valence-corrected chi connectivity index (χ3v) is 4.49. The van der Waals surface area contributed by atoms with E-state index in [4.69, 9.17) is 0 Å². The SMILES string of the molecule is C=C/C=C\C=C\C1=CC(C(C)/C=C\C)C(N=C)C(C)/C(=N\C)C1. The van der Waals surface area contributed by atoms with E-state index in [9.17, 15) is 0 Å². The molecule has 2 heteroatoms. The maximum absolute atomic E-state index is 4.52. The van der Waals surface area contributed by atoms with Gasteiger partial charge in [0, 0.05) is 31.0 Å². The smallest absolute Gasteiger partial charge is 0.0638 e. The lowest BCUT2D eigenvalue weighted by Gasteiger charge is -2.28. The van der Waals surface area contributed by atoms with Gasteiger partial charge in [-0.25, -0.2) is 0 Å². The van der Waals surface area contributed by atoms with Crippen LogP contribution in [0.1, 0.15) is 27.2 Å². The Balaban J connectivity index is 3.24. The van der Waals surface area contributed by atoms with Crippen molar-refractivity contribution in [2.24, 2.45) is 27.7 Å². The molecule has 0 aromatic carbocycles. The van der Waals surface area contributed by atoms with Crippen molar-refractivity contribution in [3.05, 3.63) is 60.8 Å². The highest BCUT2D eigenvalue weighted by molar-refractivity contribution is 5.90. The molecule has 0 saturated carbocycles. The molecule has 0 aliphatic heterocycles. The Morgan fingerprint density at radius 2 is 2.04 bits per heavy atom. The fraction of sp³-hybridized carbons (Fsp3) is 0.429. The fourth-order valence-corrected chi connectivity index (χ4v) is 3.20. The molecule has 0 aromatic rings. The van der Waals surface area contributed by atoms with Crippen LogP contribution < -0.4 is 0 Å². The molecule has 4 unspecified atom stereocenters. The molecule has 1 aliphatic rings. The first-order valence-electron chi connectivity index (χ1n) is 8.29. The van der Waals surface area contributed by atoms with E-state index in [0.717, 1.165) is 6.42 Å². The van der Waals surface area contributed by atoms with Crippen molar-refractivity contribution in [1.82, 2.24) is 0 Å². The second-order valence-electron chi connectivity index (χ2n) is 6.04. The summed E-state index contributed by atoms with van der Waals surface area (Å²) in [6, 6.07) is 0.162. The zero-order valence-electron chi connectivity index (χ0n) is 14.9. The van der Waals surface area contributed by atoms with Gasteiger partial charge in [-0.15, -0.1) is 0 Å². The molecule has 0 saturated heterocycles. The van der Waals surface area contributed by atoms with Crippen LogP contribution in [0.25, 0.3) is 0 Å². The minimum absolute atomic E-state index is 0.162. The summed E-state index contributed by atoms with van der Waals surface area (Å²) in [5.74, 6) is 1.06. The maximum atomic E-state index is 4.52. The molecule has 0 amide bonds. The average molecular weight is 310 g/mol. The van der Waals surface area contributed by atoms with Crippen molar-refractivity contribution in [2.75, 3.05) is 7.05 Å². The zero-order valence-corrected chi connectivity index (χ0v) is 14.9. The number of hydrogen-bond acceptors (Lipinski definition) is 2. The number of nitrogens with zero attached hydrogens (tertiary/aromatic N) is 2. The summed E-state index contributed by atoms with van der Waals surface area (Å²) < 4.78 is 0. The Morgan fingerprint density at radius 3 is 2.61 bits per heavy atom. The van der Waals surface area contributed by atoms with Crippen molar-refractivity contribution in [3.63, 3.8) is 0 Å². The van der Waals surface area contributed by atoms with Gasteiger partial charge in [0.05, 0.1) is 6.04 Å². The topological polar surface area (TPSA) is 24.7 Å². The average Bonchev–Trinajstić information content (AvgIpc) is 2.68. The van der Waals surface area contributed by atoms with E-state index in [2.05, 4.69) is 74.4 Å². The molecule has 2 nitrogen and oxygen atoms in total. The Hall–Kier alpha value is -1.96. The number of aliphatic imine (C=N–C) groups is 2. The quantitative estimate of drug-likeness (QED) is 0.365. The molecule has 4 atom stereocenters. The highest BCUT2D eigenvalue weighted by atomic mass is 14.8. The summed E-state index contributed by atoms with van der Waals surface area (Å²) >= 11 is 0. The predicted molar refractivity (Wildman–Crippen MR) is 105 cm³/mol. The molecule has 0 aromatic heterocycles. The molecule has 0 heterocycles. The van der Waals surface area contributed by atoms with Gasteiger partial charge in [-0.3, -0.25) is 9.98 Å². The summed E-state index contributed by atoms with van der Waals surface area (Å²) in [6.07, 6.45) is 17.5. The van der Waals surface area contributed by atoms with Crippen LogP contribution in [0.15, 0.2) is 70.7 Å². The summed E-state index contributed by atoms with van der Waals surface area (Å²) in [7, 11) is 1.88. The molecule has 1 aliphatic carbocycles. The molecule has 0 N–H and O–H groups in total.